The number of hydrogen-bond acceptors (Lipinski definition) is 3. The minimum atomic E-state index is -2.80. The van der Waals surface area contributed by atoms with Gasteiger partial charge in [0.05, 0.1) is 6.10 Å². The average molecular weight is 585 g/mol. The Labute approximate surface area is 250 Å². The number of aliphatic hydroxyl groups is 2. The molecule has 0 spiro atoms. The highest BCUT2D eigenvalue weighted by atomic mass is 28.4. The number of aliphatic hydroxyl groups excluding tert-OH is 2. The molecular formula is C36H48O3Si2. The van der Waals surface area contributed by atoms with Gasteiger partial charge in [-0.2, -0.15) is 0 Å². The number of rotatable bonds is 8. The van der Waals surface area contributed by atoms with Gasteiger partial charge in [0.25, 0.3) is 16.6 Å². The van der Waals surface area contributed by atoms with Crippen LogP contribution in [-0.4, -0.2) is 39.6 Å². The summed E-state index contributed by atoms with van der Waals surface area (Å²) in [4.78, 5) is 0. The van der Waals surface area contributed by atoms with Crippen molar-refractivity contribution < 1.29 is 14.3 Å². The van der Waals surface area contributed by atoms with Crippen LogP contribution < -0.4 is 20.7 Å². The van der Waals surface area contributed by atoms with Crippen molar-refractivity contribution >= 4 is 37.4 Å². The topological polar surface area (TPSA) is 49.7 Å². The Hall–Kier alpha value is -2.81. The molecule has 2 N–H and O–H groups in total. The second-order valence-corrected chi connectivity index (χ2v) is 21.6. The first kappa shape index (κ1) is 32.7. The van der Waals surface area contributed by atoms with E-state index in [-0.39, 0.29) is 22.8 Å². The van der Waals surface area contributed by atoms with E-state index in [0.29, 0.717) is 6.42 Å². The summed E-state index contributed by atoms with van der Waals surface area (Å²) in [7, 11) is -5.60. The normalized spacial score (nSPS) is 13.2. The maximum Gasteiger partial charge on any atom is 0.251 e. The molecule has 1 atom stereocenters. The number of hydrogen-bond donors (Lipinski definition) is 2. The van der Waals surface area contributed by atoms with E-state index < -0.39 is 16.6 Å². The van der Waals surface area contributed by atoms with E-state index in [1.165, 1.54) is 20.7 Å². The highest BCUT2D eigenvalue weighted by Crippen LogP contribution is 2.44. The third kappa shape index (κ3) is 7.16. The predicted molar refractivity (Wildman–Crippen MR) is 180 cm³/mol. The standard InChI is InChI=1S/C32H38OSi2.C4H10O2/c1-31(2,3)34(27-19-11-7-12-20-27,28-21-13-8-14-22-28)33-35(32(4,5)6,29-23-15-9-16-24-29)30-25-17-10-18-26-30;1-4(6)2-3-5/h7-26H,1-6H3;4-6H,2-3H2,1H3. The molecule has 4 rings (SSSR count). The predicted octanol–water partition coefficient (Wildman–Crippen LogP) is 5.87. The van der Waals surface area contributed by atoms with Crippen molar-refractivity contribution in [3.63, 3.8) is 0 Å². The van der Waals surface area contributed by atoms with Crippen LogP contribution in [0.5, 0.6) is 0 Å². The van der Waals surface area contributed by atoms with Crippen LogP contribution in [-0.2, 0) is 4.12 Å². The summed E-state index contributed by atoms with van der Waals surface area (Å²) < 4.78 is 8.18. The first-order chi connectivity index (χ1) is 19.4. The largest absolute Gasteiger partial charge is 0.441 e. The molecule has 0 aliphatic carbocycles. The van der Waals surface area contributed by atoms with Crippen LogP contribution in [0.2, 0.25) is 10.1 Å². The minimum Gasteiger partial charge on any atom is -0.441 e. The van der Waals surface area contributed by atoms with Gasteiger partial charge in [-0.15, -0.1) is 0 Å². The first-order valence-electron chi connectivity index (χ1n) is 14.6. The third-order valence-electron chi connectivity index (χ3n) is 7.69. The van der Waals surface area contributed by atoms with E-state index in [1.807, 2.05) is 0 Å². The molecule has 4 aromatic rings. The minimum absolute atomic E-state index is 0.0810. The fourth-order valence-electron chi connectivity index (χ4n) is 5.72. The van der Waals surface area contributed by atoms with E-state index in [4.69, 9.17) is 14.3 Å². The zero-order chi connectivity index (χ0) is 30.2. The van der Waals surface area contributed by atoms with Crippen molar-refractivity contribution in [2.45, 2.75) is 71.1 Å². The third-order valence-corrected chi connectivity index (χ3v) is 18.9. The summed E-state index contributed by atoms with van der Waals surface area (Å²) in [5.41, 5.74) is 0. The molecule has 0 amide bonds. The lowest BCUT2D eigenvalue weighted by atomic mass is 10.2. The Kier molecular flexibility index (Phi) is 11.1. The van der Waals surface area contributed by atoms with Gasteiger partial charge in [0.15, 0.2) is 0 Å². The summed E-state index contributed by atoms with van der Waals surface area (Å²) in [6, 6.07) is 44.1. The molecule has 41 heavy (non-hydrogen) atoms. The lowest BCUT2D eigenvalue weighted by Gasteiger charge is -2.53. The molecule has 0 heterocycles. The Morgan fingerprint density at radius 2 is 0.780 bits per heavy atom. The Bertz CT molecular complexity index is 1120. The van der Waals surface area contributed by atoms with Gasteiger partial charge in [0.2, 0.25) is 0 Å². The Morgan fingerprint density at radius 1 is 0.537 bits per heavy atom. The van der Waals surface area contributed by atoms with Crippen LogP contribution in [0.1, 0.15) is 54.9 Å². The van der Waals surface area contributed by atoms with Gasteiger partial charge in [-0.25, -0.2) is 0 Å². The van der Waals surface area contributed by atoms with Crippen molar-refractivity contribution in [3.8, 4) is 0 Å². The summed E-state index contributed by atoms with van der Waals surface area (Å²) in [5.74, 6) is 0. The molecule has 0 aromatic heterocycles. The highest BCUT2D eigenvalue weighted by molar-refractivity contribution is 7.11. The lowest BCUT2D eigenvalue weighted by Crippen LogP contribution is -2.78. The van der Waals surface area contributed by atoms with Crippen molar-refractivity contribution in [3.05, 3.63) is 121 Å². The van der Waals surface area contributed by atoms with Gasteiger partial charge in [-0.3, -0.25) is 0 Å². The van der Waals surface area contributed by atoms with Crippen LogP contribution in [0.3, 0.4) is 0 Å². The fourth-order valence-corrected chi connectivity index (χ4v) is 18.7. The monoisotopic (exact) mass is 584 g/mol. The first-order valence-corrected chi connectivity index (χ1v) is 18.4. The zero-order valence-corrected chi connectivity index (χ0v) is 27.8. The van der Waals surface area contributed by atoms with Crippen molar-refractivity contribution in [1.29, 1.82) is 0 Å². The molecule has 0 bridgehead atoms. The Balaban J connectivity index is 0.000000696. The molecular weight excluding hydrogens is 537 g/mol. The van der Waals surface area contributed by atoms with E-state index in [9.17, 15) is 0 Å². The SMILES string of the molecule is CC(C)(C)[Si](O[Si](c1ccccc1)(c1ccccc1)C(C)(C)C)(c1ccccc1)c1ccccc1.CC(O)CCO. The highest BCUT2D eigenvalue weighted by Gasteiger charge is 2.60. The summed E-state index contributed by atoms with van der Waals surface area (Å²) in [6.07, 6.45) is 0.134. The lowest BCUT2D eigenvalue weighted by molar-refractivity contribution is 0.148. The molecule has 0 saturated carbocycles. The van der Waals surface area contributed by atoms with Crippen LogP contribution in [0, 0.1) is 0 Å². The molecule has 0 fully saturated rings. The van der Waals surface area contributed by atoms with Gasteiger partial charge < -0.3 is 14.3 Å². The molecule has 0 saturated heterocycles. The molecule has 0 aliphatic rings. The van der Waals surface area contributed by atoms with Gasteiger partial charge in [0, 0.05) is 6.61 Å². The molecule has 3 nitrogen and oxygen atoms in total. The molecule has 0 radical (unpaired) electrons. The van der Waals surface area contributed by atoms with Crippen molar-refractivity contribution in [2.24, 2.45) is 0 Å². The van der Waals surface area contributed by atoms with Crippen LogP contribution >= 0.6 is 0 Å². The van der Waals surface area contributed by atoms with Crippen molar-refractivity contribution in [2.75, 3.05) is 6.61 Å². The smallest absolute Gasteiger partial charge is 0.251 e. The summed E-state index contributed by atoms with van der Waals surface area (Å²) >= 11 is 0. The van der Waals surface area contributed by atoms with Gasteiger partial charge in [-0.05, 0) is 44.2 Å². The Morgan fingerprint density at radius 3 is 0.927 bits per heavy atom. The molecule has 0 aliphatic heterocycles. The van der Waals surface area contributed by atoms with Crippen molar-refractivity contribution in [1.82, 2.24) is 0 Å². The quantitative estimate of drug-likeness (QED) is 0.255. The molecule has 4 aromatic carbocycles. The zero-order valence-electron chi connectivity index (χ0n) is 25.8. The summed E-state index contributed by atoms with van der Waals surface area (Å²) in [6.45, 7) is 16.0. The maximum absolute atomic E-state index is 8.39. The molecule has 218 valence electrons. The van der Waals surface area contributed by atoms with Crippen LogP contribution in [0.15, 0.2) is 121 Å². The van der Waals surface area contributed by atoms with E-state index in [0.717, 1.165) is 0 Å². The van der Waals surface area contributed by atoms with Crippen LogP contribution in [0.25, 0.3) is 0 Å². The van der Waals surface area contributed by atoms with E-state index >= 15 is 0 Å². The van der Waals surface area contributed by atoms with Gasteiger partial charge >= 0.3 is 0 Å². The number of benzene rings is 4. The maximum atomic E-state index is 8.39. The second-order valence-electron chi connectivity index (χ2n) is 12.8. The van der Waals surface area contributed by atoms with Gasteiger partial charge in [-0.1, -0.05) is 163 Å². The molecule has 1 unspecified atom stereocenters. The van der Waals surface area contributed by atoms with Gasteiger partial charge in [0.1, 0.15) is 0 Å². The second kappa shape index (κ2) is 13.9. The fraction of sp³-hybridized carbons (Fsp3) is 0.333. The van der Waals surface area contributed by atoms with Crippen LogP contribution in [0.4, 0.5) is 0 Å². The molecule has 5 heteroatoms. The average Bonchev–Trinajstić information content (AvgIpc) is 2.95. The summed E-state index contributed by atoms with van der Waals surface area (Å²) in [5, 5.41) is 21.6. The van der Waals surface area contributed by atoms with E-state index in [2.05, 4.69) is 163 Å². The van der Waals surface area contributed by atoms with E-state index in [1.54, 1.807) is 6.92 Å².